The fraction of sp³-hybridized carbons (Fsp3) is 0.625. The van der Waals surface area contributed by atoms with Crippen molar-refractivity contribution in [3.8, 4) is 6.07 Å². The second-order valence-electron chi connectivity index (χ2n) is 3.57. The minimum atomic E-state index is -4.91. The standard InChI is InChI=1S/C8H7ClF3N3O2/c1-7(8(10,11)12)5(16)15(6(17)14-7)3-4(9)2-13/h4H,3H2,1H3,(H,14,17). The van der Waals surface area contributed by atoms with Crippen LogP contribution >= 0.6 is 11.6 Å². The average Bonchev–Trinajstić information content (AvgIpc) is 2.42. The fourth-order valence-corrected chi connectivity index (χ4v) is 1.39. The molecule has 1 rings (SSSR count). The number of amides is 3. The third-order valence-corrected chi connectivity index (χ3v) is 2.56. The first kappa shape index (κ1) is 13.6. The fourth-order valence-electron chi connectivity index (χ4n) is 1.26. The highest BCUT2D eigenvalue weighted by atomic mass is 35.5. The van der Waals surface area contributed by atoms with E-state index in [1.165, 1.54) is 6.07 Å². The Morgan fingerprint density at radius 1 is 1.59 bits per heavy atom. The molecule has 0 bridgehead atoms. The van der Waals surface area contributed by atoms with Gasteiger partial charge in [-0.3, -0.25) is 9.69 Å². The molecular weight excluding hydrogens is 263 g/mol. The number of carbonyl (C=O) groups is 2. The van der Waals surface area contributed by atoms with Gasteiger partial charge in [0.1, 0.15) is 5.38 Å². The van der Waals surface area contributed by atoms with Crippen molar-refractivity contribution in [1.29, 1.82) is 5.26 Å². The van der Waals surface area contributed by atoms with Gasteiger partial charge < -0.3 is 5.32 Å². The van der Waals surface area contributed by atoms with Crippen LogP contribution in [-0.2, 0) is 4.79 Å². The van der Waals surface area contributed by atoms with Gasteiger partial charge in [0.15, 0.2) is 0 Å². The maximum absolute atomic E-state index is 12.6. The van der Waals surface area contributed by atoms with Crippen LogP contribution in [0.1, 0.15) is 6.92 Å². The largest absolute Gasteiger partial charge is 0.420 e. The van der Waals surface area contributed by atoms with Gasteiger partial charge in [-0.15, -0.1) is 11.6 Å². The lowest BCUT2D eigenvalue weighted by atomic mass is 10.0. The van der Waals surface area contributed by atoms with Gasteiger partial charge in [0.05, 0.1) is 12.6 Å². The molecule has 1 saturated heterocycles. The summed E-state index contributed by atoms with van der Waals surface area (Å²) in [7, 11) is 0. The molecule has 1 N–H and O–H groups in total. The second kappa shape index (κ2) is 4.07. The number of carbonyl (C=O) groups excluding carboxylic acids is 2. The number of nitrogens with zero attached hydrogens (tertiary/aromatic N) is 2. The molecular formula is C8H7ClF3N3O2. The van der Waals surface area contributed by atoms with E-state index in [-0.39, 0.29) is 4.90 Å². The molecule has 1 heterocycles. The van der Waals surface area contributed by atoms with Crippen LogP contribution in [0.3, 0.4) is 0 Å². The Balaban J connectivity index is 2.98. The smallest absolute Gasteiger partial charge is 0.316 e. The van der Waals surface area contributed by atoms with E-state index >= 15 is 0 Å². The van der Waals surface area contributed by atoms with E-state index in [1.54, 1.807) is 5.32 Å². The zero-order chi connectivity index (χ0) is 13.4. The van der Waals surface area contributed by atoms with Crippen LogP contribution in [0.4, 0.5) is 18.0 Å². The monoisotopic (exact) mass is 269 g/mol. The quantitative estimate of drug-likeness (QED) is 0.600. The van der Waals surface area contributed by atoms with Crippen molar-refractivity contribution in [2.45, 2.75) is 24.0 Å². The van der Waals surface area contributed by atoms with E-state index in [0.717, 1.165) is 0 Å². The number of nitrogens with one attached hydrogen (secondary N) is 1. The summed E-state index contributed by atoms with van der Waals surface area (Å²) < 4.78 is 37.8. The maximum Gasteiger partial charge on any atom is 0.420 e. The molecule has 1 aliphatic heterocycles. The van der Waals surface area contributed by atoms with Crippen LogP contribution in [0.5, 0.6) is 0 Å². The minimum absolute atomic E-state index is 0.286. The predicted molar refractivity (Wildman–Crippen MR) is 50.0 cm³/mol. The molecule has 94 valence electrons. The van der Waals surface area contributed by atoms with Crippen LogP contribution in [0.2, 0.25) is 0 Å². The Bertz CT molecular complexity index is 406. The lowest BCUT2D eigenvalue weighted by Crippen LogP contribution is -2.56. The molecule has 17 heavy (non-hydrogen) atoms. The predicted octanol–water partition coefficient (Wildman–Crippen LogP) is 0.990. The normalized spacial score (nSPS) is 26.7. The van der Waals surface area contributed by atoms with Gasteiger partial charge in [0.25, 0.3) is 5.91 Å². The topological polar surface area (TPSA) is 73.2 Å². The summed E-state index contributed by atoms with van der Waals surface area (Å²) in [4.78, 5) is 23.0. The number of rotatable bonds is 2. The van der Waals surface area contributed by atoms with E-state index in [0.29, 0.717) is 6.92 Å². The van der Waals surface area contributed by atoms with E-state index in [4.69, 9.17) is 16.9 Å². The number of imide groups is 1. The summed E-state index contributed by atoms with van der Waals surface area (Å²) in [5.41, 5.74) is -2.96. The lowest BCUT2D eigenvalue weighted by molar-refractivity contribution is -0.191. The van der Waals surface area contributed by atoms with Crippen LogP contribution in [0.25, 0.3) is 0 Å². The van der Waals surface area contributed by atoms with Gasteiger partial charge >= 0.3 is 12.2 Å². The first-order valence-electron chi connectivity index (χ1n) is 4.38. The molecule has 5 nitrogen and oxygen atoms in total. The summed E-state index contributed by atoms with van der Waals surface area (Å²) in [5, 5.41) is 8.68. The van der Waals surface area contributed by atoms with Gasteiger partial charge in [-0.2, -0.15) is 18.4 Å². The summed E-state index contributed by atoms with van der Waals surface area (Å²) in [6.45, 7) is -0.0305. The molecule has 0 radical (unpaired) electrons. The number of halogens is 4. The van der Waals surface area contributed by atoms with E-state index in [2.05, 4.69) is 0 Å². The number of urea groups is 1. The lowest BCUT2D eigenvalue weighted by Gasteiger charge is -2.24. The molecule has 0 aromatic rings. The highest BCUT2D eigenvalue weighted by Gasteiger charge is 2.64. The molecule has 2 unspecified atom stereocenters. The summed E-state index contributed by atoms with van der Waals surface area (Å²) in [6, 6.07) is 0.297. The van der Waals surface area contributed by atoms with Crippen LogP contribution in [0.15, 0.2) is 0 Å². The van der Waals surface area contributed by atoms with Crippen molar-refractivity contribution in [2.24, 2.45) is 0 Å². The molecule has 2 atom stereocenters. The zero-order valence-electron chi connectivity index (χ0n) is 8.51. The summed E-state index contributed by atoms with van der Waals surface area (Å²) in [5.74, 6) is -1.46. The Morgan fingerprint density at radius 3 is 2.47 bits per heavy atom. The van der Waals surface area contributed by atoms with Gasteiger partial charge in [-0.05, 0) is 6.92 Å². The van der Waals surface area contributed by atoms with Crippen molar-refractivity contribution in [1.82, 2.24) is 10.2 Å². The van der Waals surface area contributed by atoms with Crippen molar-refractivity contribution in [3.05, 3.63) is 0 Å². The number of hydrogen-bond acceptors (Lipinski definition) is 3. The Kier molecular flexibility index (Phi) is 3.25. The average molecular weight is 270 g/mol. The molecule has 1 fully saturated rings. The molecule has 9 heteroatoms. The number of alkyl halides is 4. The Hall–Kier alpha value is -1.49. The Morgan fingerprint density at radius 2 is 2.12 bits per heavy atom. The zero-order valence-corrected chi connectivity index (χ0v) is 9.26. The minimum Gasteiger partial charge on any atom is -0.316 e. The van der Waals surface area contributed by atoms with Gasteiger partial charge in [-0.25, -0.2) is 4.79 Å². The Labute approximate surface area is 99.1 Å². The van der Waals surface area contributed by atoms with Crippen molar-refractivity contribution >= 4 is 23.5 Å². The molecule has 3 amide bonds. The summed E-state index contributed by atoms with van der Waals surface area (Å²) in [6.07, 6.45) is -4.91. The maximum atomic E-state index is 12.6. The molecule has 0 aromatic carbocycles. The van der Waals surface area contributed by atoms with Crippen molar-refractivity contribution < 1.29 is 22.8 Å². The second-order valence-corrected chi connectivity index (χ2v) is 4.09. The summed E-state index contributed by atoms with van der Waals surface area (Å²) >= 11 is 5.37. The van der Waals surface area contributed by atoms with Crippen LogP contribution < -0.4 is 5.32 Å². The highest BCUT2D eigenvalue weighted by Crippen LogP contribution is 2.35. The third kappa shape index (κ3) is 2.15. The van der Waals surface area contributed by atoms with E-state index in [1.807, 2.05) is 0 Å². The number of hydrogen-bond donors (Lipinski definition) is 1. The molecule has 0 aliphatic carbocycles. The van der Waals surface area contributed by atoms with Crippen LogP contribution in [0, 0.1) is 11.3 Å². The third-order valence-electron chi connectivity index (χ3n) is 2.32. The van der Waals surface area contributed by atoms with E-state index in [9.17, 15) is 22.8 Å². The molecule has 0 spiro atoms. The van der Waals surface area contributed by atoms with Gasteiger partial charge in [0, 0.05) is 0 Å². The molecule has 1 aliphatic rings. The van der Waals surface area contributed by atoms with Crippen molar-refractivity contribution in [2.75, 3.05) is 6.54 Å². The van der Waals surface area contributed by atoms with Gasteiger partial charge in [-0.1, -0.05) is 0 Å². The first-order valence-corrected chi connectivity index (χ1v) is 4.81. The van der Waals surface area contributed by atoms with Crippen LogP contribution in [-0.4, -0.2) is 40.5 Å². The van der Waals surface area contributed by atoms with E-state index < -0.39 is 35.6 Å². The van der Waals surface area contributed by atoms with Crippen molar-refractivity contribution in [3.63, 3.8) is 0 Å². The highest BCUT2D eigenvalue weighted by molar-refractivity contribution is 6.23. The first-order chi connectivity index (χ1) is 7.63. The molecule has 0 aromatic heterocycles. The van der Waals surface area contributed by atoms with Gasteiger partial charge in [0.2, 0.25) is 5.54 Å². The molecule has 0 saturated carbocycles. The number of nitriles is 1. The SMILES string of the molecule is CC1(C(F)(F)F)NC(=O)N(CC(Cl)C#N)C1=O.